The number of rotatable bonds is 7. The highest BCUT2D eigenvalue weighted by Gasteiger charge is 2.22. The van der Waals surface area contributed by atoms with E-state index in [1.165, 1.54) is 50.6 Å². The molecule has 1 heterocycles. The second kappa shape index (κ2) is 11.2. The van der Waals surface area contributed by atoms with Gasteiger partial charge in [0.15, 0.2) is 0 Å². The summed E-state index contributed by atoms with van der Waals surface area (Å²) in [6.45, 7) is 7.02. The Kier molecular flexibility index (Phi) is 9.56. The van der Waals surface area contributed by atoms with Crippen LogP contribution in [0.5, 0.6) is 0 Å². The monoisotopic (exact) mass is 303 g/mol. The molecule has 0 aromatic carbocycles. The molecule has 1 saturated carbocycles. The molecule has 2 rings (SSSR count). The second-order valence-electron chi connectivity index (χ2n) is 6.23. The summed E-state index contributed by atoms with van der Waals surface area (Å²) >= 11 is 0. The summed E-state index contributed by atoms with van der Waals surface area (Å²) < 4.78 is 0. The van der Waals surface area contributed by atoms with Crippen molar-refractivity contribution in [2.24, 2.45) is 11.8 Å². The molecule has 3 heteroatoms. The summed E-state index contributed by atoms with van der Waals surface area (Å²) in [4.78, 5) is 4.09. The Hall–Kier alpha value is -1.35. The van der Waals surface area contributed by atoms with Crippen molar-refractivity contribution in [3.05, 3.63) is 36.5 Å². The third kappa shape index (κ3) is 7.08. The highest BCUT2D eigenvalue weighted by Crippen LogP contribution is 2.35. The summed E-state index contributed by atoms with van der Waals surface area (Å²) in [6, 6.07) is 3.95. The number of hydrogen-bond acceptors (Lipinski definition) is 3. The lowest BCUT2D eigenvalue weighted by molar-refractivity contribution is 0.450. The van der Waals surface area contributed by atoms with E-state index in [-0.39, 0.29) is 0 Å². The van der Waals surface area contributed by atoms with Gasteiger partial charge in [0, 0.05) is 13.2 Å². The standard InChI is InChI=1S/C12H23N.C7H10N2/c1-3-5-11-7-8-12(10-11)6-4-9-13-2;1-6-4-3-5-9-7(6)8-2/h3,11-13H,1,4-10H2,2H3;3-5H,1-2H3,(H,8,9). The van der Waals surface area contributed by atoms with E-state index in [0.717, 1.165) is 17.7 Å². The van der Waals surface area contributed by atoms with Gasteiger partial charge in [-0.1, -0.05) is 18.6 Å². The maximum Gasteiger partial charge on any atom is 0.128 e. The lowest BCUT2D eigenvalue weighted by Gasteiger charge is -2.09. The summed E-state index contributed by atoms with van der Waals surface area (Å²) in [6.07, 6.45) is 12.2. The van der Waals surface area contributed by atoms with Crippen molar-refractivity contribution in [3.8, 4) is 0 Å². The van der Waals surface area contributed by atoms with Crippen LogP contribution in [0.25, 0.3) is 0 Å². The molecule has 1 aliphatic carbocycles. The lowest BCUT2D eigenvalue weighted by atomic mass is 9.98. The summed E-state index contributed by atoms with van der Waals surface area (Å²) in [5, 5.41) is 6.20. The predicted molar refractivity (Wildman–Crippen MR) is 97.3 cm³/mol. The van der Waals surface area contributed by atoms with Gasteiger partial charge in [-0.05, 0) is 76.1 Å². The van der Waals surface area contributed by atoms with Gasteiger partial charge in [0.1, 0.15) is 5.82 Å². The Balaban J connectivity index is 0.000000235. The molecule has 1 aromatic rings. The van der Waals surface area contributed by atoms with Crippen LogP contribution < -0.4 is 10.6 Å². The van der Waals surface area contributed by atoms with E-state index in [0.29, 0.717) is 0 Å². The third-order valence-electron chi connectivity index (χ3n) is 4.44. The van der Waals surface area contributed by atoms with Gasteiger partial charge >= 0.3 is 0 Å². The van der Waals surface area contributed by atoms with Gasteiger partial charge in [0.25, 0.3) is 0 Å². The van der Waals surface area contributed by atoms with Crippen LogP contribution >= 0.6 is 0 Å². The number of nitrogens with zero attached hydrogens (tertiary/aromatic N) is 1. The van der Waals surface area contributed by atoms with Crippen LogP contribution in [0.1, 0.15) is 44.1 Å². The van der Waals surface area contributed by atoms with Gasteiger partial charge < -0.3 is 10.6 Å². The fraction of sp³-hybridized carbons (Fsp3) is 0.632. The van der Waals surface area contributed by atoms with Gasteiger partial charge in [-0.2, -0.15) is 0 Å². The van der Waals surface area contributed by atoms with Crippen molar-refractivity contribution in [2.45, 2.75) is 45.4 Å². The van der Waals surface area contributed by atoms with Crippen molar-refractivity contribution in [3.63, 3.8) is 0 Å². The van der Waals surface area contributed by atoms with E-state index in [2.05, 4.69) is 28.3 Å². The van der Waals surface area contributed by atoms with Gasteiger partial charge in [-0.3, -0.25) is 0 Å². The molecule has 2 atom stereocenters. The molecule has 0 aliphatic heterocycles. The molecular formula is C19H33N3. The molecule has 22 heavy (non-hydrogen) atoms. The molecule has 1 aliphatic rings. The SMILES string of the molecule is C=CCC1CCC(CCCNC)C1.CNc1ncccc1C. The first-order valence-electron chi connectivity index (χ1n) is 8.56. The van der Waals surface area contributed by atoms with Crippen LogP contribution in [0.2, 0.25) is 0 Å². The average Bonchev–Trinajstić information content (AvgIpc) is 2.97. The Morgan fingerprint density at radius 2 is 2.09 bits per heavy atom. The Morgan fingerprint density at radius 1 is 1.32 bits per heavy atom. The summed E-state index contributed by atoms with van der Waals surface area (Å²) in [7, 11) is 3.91. The average molecular weight is 303 g/mol. The first-order chi connectivity index (χ1) is 10.7. The van der Waals surface area contributed by atoms with Gasteiger partial charge in [0.2, 0.25) is 0 Å². The Bertz CT molecular complexity index is 417. The Labute approximate surface area is 136 Å². The lowest BCUT2D eigenvalue weighted by Crippen LogP contribution is -2.09. The number of nitrogens with one attached hydrogen (secondary N) is 2. The zero-order chi connectivity index (χ0) is 16.2. The van der Waals surface area contributed by atoms with E-state index in [1.807, 2.05) is 33.2 Å². The van der Waals surface area contributed by atoms with E-state index < -0.39 is 0 Å². The van der Waals surface area contributed by atoms with Crippen molar-refractivity contribution in [2.75, 3.05) is 26.0 Å². The number of aryl methyl sites for hydroxylation is 1. The maximum atomic E-state index is 4.09. The maximum absolute atomic E-state index is 4.09. The molecule has 124 valence electrons. The number of allylic oxidation sites excluding steroid dienone is 1. The third-order valence-corrected chi connectivity index (χ3v) is 4.44. The Morgan fingerprint density at radius 3 is 2.68 bits per heavy atom. The minimum Gasteiger partial charge on any atom is -0.373 e. The molecule has 0 bridgehead atoms. The van der Waals surface area contributed by atoms with E-state index in [1.54, 1.807) is 6.20 Å². The minimum absolute atomic E-state index is 0.956. The summed E-state index contributed by atoms with van der Waals surface area (Å²) in [5.41, 5.74) is 1.18. The second-order valence-corrected chi connectivity index (χ2v) is 6.23. The van der Waals surface area contributed by atoms with Crippen molar-refractivity contribution in [1.82, 2.24) is 10.3 Å². The van der Waals surface area contributed by atoms with E-state index in [9.17, 15) is 0 Å². The number of anilines is 1. The largest absolute Gasteiger partial charge is 0.373 e. The van der Waals surface area contributed by atoms with Crippen molar-refractivity contribution < 1.29 is 0 Å². The van der Waals surface area contributed by atoms with Crippen molar-refractivity contribution >= 4 is 5.82 Å². The zero-order valence-electron chi connectivity index (χ0n) is 14.6. The van der Waals surface area contributed by atoms with E-state index in [4.69, 9.17) is 0 Å². The molecule has 0 amide bonds. The molecule has 2 unspecified atom stereocenters. The molecule has 0 spiro atoms. The van der Waals surface area contributed by atoms with E-state index >= 15 is 0 Å². The normalized spacial score (nSPS) is 20.1. The molecule has 0 radical (unpaired) electrons. The molecule has 1 aromatic heterocycles. The molecule has 3 nitrogen and oxygen atoms in total. The zero-order valence-corrected chi connectivity index (χ0v) is 14.6. The van der Waals surface area contributed by atoms with Crippen LogP contribution in [0, 0.1) is 18.8 Å². The fourth-order valence-electron chi connectivity index (χ4n) is 3.21. The van der Waals surface area contributed by atoms with Crippen LogP contribution in [-0.4, -0.2) is 25.6 Å². The summed E-state index contributed by atoms with van der Waals surface area (Å²) in [5.74, 6) is 2.92. The molecule has 0 saturated heterocycles. The topological polar surface area (TPSA) is 37.0 Å². The van der Waals surface area contributed by atoms with Gasteiger partial charge in [-0.15, -0.1) is 6.58 Å². The number of pyridine rings is 1. The van der Waals surface area contributed by atoms with Crippen LogP contribution in [0.4, 0.5) is 5.82 Å². The minimum atomic E-state index is 0.956. The smallest absolute Gasteiger partial charge is 0.128 e. The highest BCUT2D eigenvalue weighted by atomic mass is 14.9. The molecule has 2 N–H and O–H groups in total. The molecular weight excluding hydrogens is 270 g/mol. The first-order valence-corrected chi connectivity index (χ1v) is 8.56. The predicted octanol–water partition coefficient (Wildman–Crippen LogP) is 4.41. The van der Waals surface area contributed by atoms with Crippen LogP contribution in [0.15, 0.2) is 31.0 Å². The van der Waals surface area contributed by atoms with Gasteiger partial charge in [-0.25, -0.2) is 4.98 Å². The van der Waals surface area contributed by atoms with Crippen LogP contribution in [0.3, 0.4) is 0 Å². The van der Waals surface area contributed by atoms with Crippen LogP contribution in [-0.2, 0) is 0 Å². The highest BCUT2D eigenvalue weighted by molar-refractivity contribution is 5.41. The fourth-order valence-corrected chi connectivity index (χ4v) is 3.21. The first kappa shape index (κ1) is 18.7. The quantitative estimate of drug-likeness (QED) is 0.578. The van der Waals surface area contributed by atoms with Gasteiger partial charge in [0.05, 0.1) is 0 Å². The number of hydrogen-bond donors (Lipinski definition) is 2. The number of aromatic nitrogens is 1. The molecule has 1 fully saturated rings. The van der Waals surface area contributed by atoms with Crippen molar-refractivity contribution in [1.29, 1.82) is 0 Å².